The van der Waals surface area contributed by atoms with Gasteiger partial charge < -0.3 is 4.74 Å². The third-order valence-corrected chi connectivity index (χ3v) is 6.88. The monoisotopic (exact) mass is 407 g/mol. The summed E-state index contributed by atoms with van der Waals surface area (Å²) >= 11 is 1.23. The van der Waals surface area contributed by atoms with Gasteiger partial charge in [0.25, 0.3) is 5.91 Å². The van der Waals surface area contributed by atoms with Crippen LogP contribution in [0.25, 0.3) is 10.2 Å². The molecule has 0 aliphatic carbocycles. The molecule has 1 aliphatic rings. The maximum Gasteiger partial charge on any atom is 0.255 e. The summed E-state index contributed by atoms with van der Waals surface area (Å²) in [5.41, 5.74) is 0.626. The summed E-state index contributed by atoms with van der Waals surface area (Å²) in [6, 6.07) is 4.73. The van der Waals surface area contributed by atoms with E-state index in [-0.39, 0.29) is 23.9 Å². The molecule has 1 amide bonds. The van der Waals surface area contributed by atoms with E-state index in [4.69, 9.17) is 4.74 Å². The molecule has 144 valence electrons. The molecular weight excluding hydrogens is 386 g/mol. The second kappa shape index (κ2) is 8.30. The van der Waals surface area contributed by atoms with Gasteiger partial charge in [0.15, 0.2) is 5.13 Å². The molecule has 1 aromatic heterocycles. The van der Waals surface area contributed by atoms with Crippen molar-refractivity contribution in [1.29, 1.82) is 0 Å². The number of anilines is 1. The number of ether oxygens (including phenoxy) is 1. The zero-order valence-electron chi connectivity index (χ0n) is 14.8. The number of nitrogens with zero attached hydrogens (tertiary/aromatic N) is 2. The van der Waals surface area contributed by atoms with Crippen LogP contribution in [-0.4, -0.2) is 49.4 Å². The summed E-state index contributed by atoms with van der Waals surface area (Å²) in [4.78, 5) is 16.7. The zero-order valence-corrected chi connectivity index (χ0v) is 16.4. The Kier molecular flexibility index (Phi) is 6.05. The topological polar surface area (TPSA) is 88.6 Å². The number of aromatic nitrogens is 1. The molecular formula is C18H21N3O4S2. The Morgan fingerprint density at radius 3 is 2.74 bits per heavy atom. The first-order chi connectivity index (χ1) is 13.0. The molecule has 0 unspecified atom stereocenters. The quantitative estimate of drug-likeness (QED) is 0.680. The second-order valence-corrected chi connectivity index (χ2v) is 9.01. The third-order valence-electron chi connectivity index (χ3n) is 4.12. The summed E-state index contributed by atoms with van der Waals surface area (Å²) in [7, 11) is -3.68. The summed E-state index contributed by atoms with van der Waals surface area (Å²) in [5, 5.41) is 3.18. The normalized spacial score (nSPS) is 17.3. The van der Waals surface area contributed by atoms with Gasteiger partial charge in [0.2, 0.25) is 10.0 Å². The lowest BCUT2D eigenvalue weighted by atomic mass is 10.2. The van der Waals surface area contributed by atoms with Crippen LogP contribution in [0.4, 0.5) is 5.13 Å². The molecule has 1 aromatic carbocycles. The predicted octanol–water partition coefficient (Wildman–Crippen LogP) is 2.78. The van der Waals surface area contributed by atoms with Gasteiger partial charge in [-0.15, -0.1) is 13.2 Å². The van der Waals surface area contributed by atoms with E-state index in [1.807, 2.05) is 0 Å². The lowest BCUT2D eigenvalue weighted by Gasteiger charge is -2.18. The molecule has 1 N–H and O–H groups in total. The van der Waals surface area contributed by atoms with Crippen LogP contribution in [-0.2, 0) is 19.6 Å². The first kappa shape index (κ1) is 19.7. The number of carbonyl (C=O) groups excluding carboxylic acids is 1. The Hall–Kier alpha value is -2.07. The number of fused-ring (bicyclic) bond motifs is 1. The van der Waals surface area contributed by atoms with Gasteiger partial charge in [-0.3, -0.25) is 10.1 Å². The minimum Gasteiger partial charge on any atom is -0.368 e. The van der Waals surface area contributed by atoms with Gasteiger partial charge in [0.05, 0.1) is 15.1 Å². The minimum absolute atomic E-state index is 0.166. The van der Waals surface area contributed by atoms with Gasteiger partial charge in [-0.2, -0.15) is 4.31 Å². The first-order valence-electron chi connectivity index (χ1n) is 8.50. The molecule has 1 saturated heterocycles. The highest BCUT2D eigenvalue weighted by Crippen LogP contribution is 2.29. The molecule has 3 rings (SSSR count). The summed E-state index contributed by atoms with van der Waals surface area (Å²) in [6.45, 7) is 8.18. The van der Waals surface area contributed by atoms with E-state index < -0.39 is 16.1 Å². The highest BCUT2D eigenvalue weighted by Gasteiger charge is 2.25. The molecule has 1 atom stereocenters. The molecule has 9 heteroatoms. The molecule has 0 spiro atoms. The number of rotatable bonds is 8. The summed E-state index contributed by atoms with van der Waals surface area (Å²) in [5.74, 6) is -0.220. The largest absolute Gasteiger partial charge is 0.368 e. The summed E-state index contributed by atoms with van der Waals surface area (Å²) < 4.78 is 33.0. The van der Waals surface area contributed by atoms with E-state index in [0.717, 1.165) is 6.42 Å². The number of thiazole rings is 1. The smallest absolute Gasteiger partial charge is 0.255 e. The molecule has 2 aromatic rings. The highest BCUT2D eigenvalue weighted by molar-refractivity contribution is 7.89. The zero-order chi connectivity index (χ0) is 19.4. The van der Waals surface area contributed by atoms with Gasteiger partial charge in [0.1, 0.15) is 6.10 Å². The van der Waals surface area contributed by atoms with Crippen molar-refractivity contribution in [3.8, 4) is 0 Å². The van der Waals surface area contributed by atoms with Gasteiger partial charge in [-0.1, -0.05) is 23.5 Å². The van der Waals surface area contributed by atoms with Crippen LogP contribution in [0.3, 0.4) is 0 Å². The van der Waals surface area contributed by atoms with Crippen molar-refractivity contribution in [1.82, 2.24) is 9.29 Å². The first-order valence-corrected chi connectivity index (χ1v) is 10.8. The Balaban J connectivity index is 1.85. The van der Waals surface area contributed by atoms with E-state index in [9.17, 15) is 13.2 Å². The number of hydrogen-bond donors (Lipinski definition) is 1. The Morgan fingerprint density at radius 1 is 1.37 bits per heavy atom. The maximum absolute atomic E-state index is 12.8. The van der Waals surface area contributed by atoms with Crippen LogP contribution in [0.2, 0.25) is 0 Å². The Morgan fingerprint density at radius 2 is 2.11 bits per heavy atom. The lowest BCUT2D eigenvalue weighted by molar-refractivity contribution is -0.124. The molecule has 1 fully saturated rings. The van der Waals surface area contributed by atoms with Crippen molar-refractivity contribution >= 4 is 42.6 Å². The van der Waals surface area contributed by atoms with Gasteiger partial charge in [-0.25, -0.2) is 13.4 Å². The van der Waals surface area contributed by atoms with E-state index in [1.165, 1.54) is 33.9 Å². The van der Waals surface area contributed by atoms with Crippen LogP contribution in [0.5, 0.6) is 0 Å². The maximum atomic E-state index is 12.8. The van der Waals surface area contributed by atoms with Crippen molar-refractivity contribution in [2.24, 2.45) is 0 Å². The Bertz CT molecular complexity index is 952. The molecule has 0 radical (unpaired) electrons. The number of hydrogen-bond acceptors (Lipinski definition) is 6. The number of benzene rings is 1. The fraction of sp³-hybridized carbons (Fsp3) is 0.333. The van der Waals surface area contributed by atoms with Gasteiger partial charge >= 0.3 is 0 Å². The Labute approximate surface area is 162 Å². The number of amides is 1. The molecule has 2 heterocycles. The van der Waals surface area contributed by atoms with E-state index >= 15 is 0 Å². The fourth-order valence-corrected chi connectivity index (χ4v) is 5.19. The highest BCUT2D eigenvalue weighted by atomic mass is 32.2. The van der Waals surface area contributed by atoms with E-state index in [0.29, 0.717) is 28.4 Å². The van der Waals surface area contributed by atoms with Gasteiger partial charge in [0, 0.05) is 19.7 Å². The number of sulfonamides is 1. The lowest BCUT2D eigenvalue weighted by Crippen LogP contribution is -2.31. The average Bonchev–Trinajstić information content (AvgIpc) is 3.30. The van der Waals surface area contributed by atoms with Crippen LogP contribution < -0.4 is 5.32 Å². The molecule has 27 heavy (non-hydrogen) atoms. The standard InChI is InChI=1S/C18H21N3O4S2/c1-3-9-21(10-4-2)27(23,24)13-7-8-14-16(12-13)26-18(19-14)20-17(22)15-6-5-11-25-15/h3-4,7-8,12,15H,1-2,5-6,9-11H2,(H,19,20,22)/t15-/m0/s1. The average molecular weight is 408 g/mol. The summed E-state index contributed by atoms with van der Waals surface area (Å²) in [6.07, 6.45) is 4.18. The minimum atomic E-state index is -3.68. The van der Waals surface area contributed by atoms with E-state index in [2.05, 4.69) is 23.5 Å². The van der Waals surface area contributed by atoms with Crippen LogP contribution >= 0.6 is 11.3 Å². The van der Waals surface area contributed by atoms with Gasteiger partial charge in [-0.05, 0) is 31.0 Å². The molecule has 1 aliphatic heterocycles. The van der Waals surface area contributed by atoms with Crippen molar-refractivity contribution < 1.29 is 17.9 Å². The molecule has 7 nitrogen and oxygen atoms in total. The number of nitrogens with one attached hydrogen (secondary N) is 1. The van der Waals surface area contributed by atoms with Crippen LogP contribution in [0.15, 0.2) is 48.4 Å². The van der Waals surface area contributed by atoms with Crippen LogP contribution in [0.1, 0.15) is 12.8 Å². The third kappa shape index (κ3) is 4.27. The predicted molar refractivity (Wildman–Crippen MR) is 106 cm³/mol. The second-order valence-electron chi connectivity index (χ2n) is 6.04. The fourth-order valence-electron chi connectivity index (χ4n) is 2.80. The van der Waals surface area contributed by atoms with E-state index in [1.54, 1.807) is 12.1 Å². The SMILES string of the molecule is C=CCN(CC=C)S(=O)(=O)c1ccc2nc(NC(=O)[C@@H]3CCCO3)sc2c1. The molecule has 0 saturated carbocycles. The van der Waals surface area contributed by atoms with Crippen molar-refractivity contribution in [3.05, 3.63) is 43.5 Å². The van der Waals surface area contributed by atoms with Crippen LogP contribution in [0, 0.1) is 0 Å². The van der Waals surface area contributed by atoms with Crippen molar-refractivity contribution in [3.63, 3.8) is 0 Å². The van der Waals surface area contributed by atoms with Crippen molar-refractivity contribution in [2.75, 3.05) is 25.0 Å². The van der Waals surface area contributed by atoms with Crippen molar-refractivity contribution in [2.45, 2.75) is 23.8 Å². The number of carbonyl (C=O) groups is 1. The molecule has 0 bridgehead atoms.